The van der Waals surface area contributed by atoms with E-state index in [1.54, 1.807) is 0 Å². The summed E-state index contributed by atoms with van der Waals surface area (Å²) in [4.78, 5) is 0. The minimum Gasteiger partial charge on any atom is -0.192 e. The fourth-order valence-corrected chi connectivity index (χ4v) is 1.56. The molecule has 0 amide bonds. The van der Waals surface area contributed by atoms with Crippen LogP contribution in [0, 0.1) is 11.3 Å². The molecule has 0 aliphatic heterocycles. The molecule has 0 spiro atoms. The highest BCUT2D eigenvalue weighted by molar-refractivity contribution is 5.42. The third kappa shape index (κ3) is 2.85. The van der Waals surface area contributed by atoms with Gasteiger partial charge in [0.15, 0.2) is 0 Å². The van der Waals surface area contributed by atoms with Gasteiger partial charge in [0.2, 0.25) is 0 Å². The van der Waals surface area contributed by atoms with Crippen LogP contribution in [0.15, 0.2) is 18.2 Å². The van der Waals surface area contributed by atoms with Crippen molar-refractivity contribution in [2.45, 2.75) is 52.4 Å². The Morgan fingerprint density at radius 1 is 0.812 bits per heavy atom. The van der Waals surface area contributed by atoms with E-state index in [9.17, 15) is 0 Å². The monoisotopic (exact) mass is 215 g/mol. The van der Waals surface area contributed by atoms with E-state index >= 15 is 0 Å². The maximum absolute atomic E-state index is 9.07. The van der Waals surface area contributed by atoms with E-state index < -0.39 is 0 Å². The summed E-state index contributed by atoms with van der Waals surface area (Å²) in [6.45, 7) is 13.1. The number of benzene rings is 1. The molecule has 0 bridgehead atoms. The van der Waals surface area contributed by atoms with Gasteiger partial charge in [-0.3, -0.25) is 0 Å². The molecule has 0 N–H and O–H groups in total. The first-order valence-corrected chi connectivity index (χ1v) is 5.71. The van der Waals surface area contributed by atoms with Crippen LogP contribution in [-0.4, -0.2) is 0 Å². The minimum absolute atomic E-state index is 0.0901. The summed E-state index contributed by atoms with van der Waals surface area (Å²) >= 11 is 0. The predicted octanol–water partition coefficient (Wildman–Crippen LogP) is 4.15. The third-order valence-electron chi connectivity index (χ3n) is 2.79. The van der Waals surface area contributed by atoms with Crippen molar-refractivity contribution in [1.82, 2.24) is 0 Å². The lowest BCUT2D eigenvalue weighted by atomic mass is 9.80. The molecule has 0 unspecified atom stereocenters. The minimum atomic E-state index is 0.0901. The lowest BCUT2D eigenvalue weighted by molar-refractivity contribution is 0.568. The highest BCUT2D eigenvalue weighted by atomic mass is 14.3. The van der Waals surface area contributed by atoms with E-state index in [0.717, 1.165) is 5.56 Å². The zero-order valence-corrected chi connectivity index (χ0v) is 11.2. The van der Waals surface area contributed by atoms with Gasteiger partial charge in [-0.15, -0.1) is 0 Å². The van der Waals surface area contributed by atoms with Gasteiger partial charge in [-0.25, -0.2) is 0 Å². The van der Waals surface area contributed by atoms with Gasteiger partial charge in [0.1, 0.15) is 0 Å². The molecule has 0 aliphatic rings. The van der Waals surface area contributed by atoms with E-state index in [-0.39, 0.29) is 10.8 Å². The molecular weight excluding hydrogens is 194 g/mol. The van der Waals surface area contributed by atoms with Gasteiger partial charge in [0.05, 0.1) is 11.6 Å². The molecule has 86 valence electrons. The molecule has 16 heavy (non-hydrogen) atoms. The number of hydrogen-bond acceptors (Lipinski definition) is 1. The second-order valence-electron chi connectivity index (χ2n) is 6.41. The van der Waals surface area contributed by atoms with E-state index in [0.29, 0.717) is 0 Å². The van der Waals surface area contributed by atoms with Crippen molar-refractivity contribution in [3.8, 4) is 6.07 Å². The average molecular weight is 215 g/mol. The van der Waals surface area contributed by atoms with Crippen LogP contribution in [0.2, 0.25) is 0 Å². The third-order valence-corrected chi connectivity index (χ3v) is 2.79. The smallest absolute Gasteiger partial charge is 0.0991 e. The zero-order chi connectivity index (χ0) is 12.6. The van der Waals surface area contributed by atoms with E-state index in [2.05, 4.69) is 53.7 Å². The number of hydrogen-bond donors (Lipinski definition) is 0. The van der Waals surface area contributed by atoms with Crippen LogP contribution < -0.4 is 0 Å². The van der Waals surface area contributed by atoms with Crippen molar-refractivity contribution < 1.29 is 0 Å². The van der Waals surface area contributed by atoms with E-state index in [4.69, 9.17) is 5.26 Å². The van der Waals surface area contributed by atoms with Gasteiger partial charge in [-0.2, -0.15) is 5.26 Å². The summed E-state index contributed by atoms with van der Waals surface area (Å²) in [5.41, 5.74) is 3.41. The molecule has 1 rings (SSSR count). The second-order valence-corrected chi connectivity index (χ2v) is 6.41. The summed E-state index contributed by atoms with van der Waals surface area (Å²) in [7, 11) is 0. The first-order chi connectivity index (χ1) is 7.14. The molecule has 1 heteroatoms. The molecule has 0 atom stereocenters. The Morgan fingerprint density at radius 2 is 1.19 bits per heavy atom. The Kier molecular flexibility index (Phi) is 3.15. The van der Waals surface area contributed by atoms with Crippen molar-refractivity contribution in [2.24, 2.45) is 0 Å². The van der Waals surface area contributed by atoms with Crippen LogP contribution in [0.3, 0.4) is 0 Å². The molecule has 0 aliphatic carbocycles. The number of nitriles is 1. The average Bonchev–Trinajstić information content (AvgIpc) is 2.14. The lowest BCUT2D eigenvalue weighted by Gasteiger charge is -2.25. The van der Waals surface area contributed by atoms with E-state index in [1.807, 2.05) is 12.1 Å². The molecule has 0 saturated carbocycles. The van der Waals surface area contributed by atoms with Crippen LogP contribution in [0.25, 0.3) is 0 Å². The molecule has 0 saturated heterocycles. The zero-order valence-electron chi connectivity index (χ0n) is 11.2. The summed E-state index contributed by atoms with van der Waals surface area (Å²) in [5, 5.41) is 9.07. The topological polar surface area (TPSA) is 23.8 Å². The Hall–Kier alpha value is -1.29. The first kappa shape index (κ1) is 12.8. The van der Waals surface area contributed by atoms with Crippen LogP contribution >= 0.6 is 0 Å². The van der Waals surface area contributed by atoms with Crippen LogP contribution in [0.5, 0.6) is 0 Å². The molecule has 1 aromatic carbocycles. The second kappa shape index (κ2) is 3.94. The van der Waals surface area contributed by atoms with Crippen molar-refractivity contribution in [1.29, 1.82) is 5.26 Å². The van der Waals surface area contributed by atoms with Crippen molar-refractivity contribution in [2.75, 3.05) is 0 Å². The molecule has 0 heterocycles. The fourth-order valence-electron chi connectivity index (χ4n) is 1.56. The highest BCUT2D eigenvalue weighted by Crippen LogP contribution is 2.29. The maximum atomic E-state index is 9.07. The van der Waals surface area contributed by atoms with Crippen molar-refractivity contribution in [3.05, 3.63) is 34.9 Å². The van der Waals surface area contributed by atoms with Crippen LogP contribution in [-0.2, 0) is 10.8 Å². The van der Waals surface area contributed by atoms with Gasteiger partial charge < -0.3 is 0 Å². The van der Waals surface area contributed by atoms with Crippen molar-refractivity contribution >= 4 is 0 Å². The van der Waals surface area contributed by atoms with Gasteiger partial charge in [0, 0.05) is 0 Å². The highest BCUT2D eigenvalue weighted by Gasteiger charge is 2.20. The standard InChI is InChI=1S/C15H21N/c1-14(2,3)12-7-11(10-16)8-13(9-12)15(4,5)6/h7-9H,1-6H3. The van der Waals surface area contributed by atoms with Gasteiger partial charge in [0.25, 0.3) is 0 Å². The van der Waals surface area contributed by atoms with E-state index in [1.165, 1.54) is 11.1 Å². The molecule has 0 aromatic heterocycles. The van der Waals surface area contributed by atoms with Crippen LogP contribution in [0.4, 0.5) is 0 Å². The first-order valence-electron chi connectivity index (χ1n) is 5.71. The fraction of sp³-hybridized carbons (Fsp3) is 0.533. The molecular formula is C15H21N. The predicted molar refractivity (Wildman–Crippen MR) is 68.6 cm³/mol. The molecule has 0 fully saturated rings. The molecule has 1 aromatic rings. The summed E-state index contributed by atoms with van der Waals surface area (Å²) in [5.74, 6) is 0. The Labute approximate surface area is 99.1 Å². The Balaban J connectivity index is 3.41. The van der Waals surface area contributed by atoms with Crippen molar-refractivity contribution in [3.63, 3.8) is 0 Å². The van der Waals surface area contributed by atoms with Gasteiger partial charge in [-0.05, 0) is 34.1 Å². The normalized spacial score (nSPS) is 12.3. The largest absolute Gasteiger partial charge is 0.192 e. The van der Waals surface area contributed by atoms with Gasteiger partial charge >= 0.3 is 0 Å². The number of nitrogens with zero attached hydrogens (tertiary/aromatic N) is 1. The van der Waals surface area contributed by atoms with Crippen LogP contribution in [0.1, 0.15) is 58.2 Å². The lowest BCUT2D eigenvalue weighted by Crippen LogP contribution is -2.16. The Bertz CT molecular complexity index is 390. The Morgan fingerprint density at radius 3 is 1.44 bits per heavy atom. The quantitative estimate of drug-likeness (QED) is 0.637. The summed E-state index contributed by atoms with van der Waals surface area (Å²) in [6, 6.07) is 8.47. The van der Waals surface area contributed by atoms with Gasteiger partial charge in [-0.1, -0.05) is 47.6 Å². The summed E-state index contributed by atoms with van der Waals surface area (Å²) < 4.78 is 0. The molecule has 1 nitrogen and oxygen atoms in total. The SMILES string of the molecule is CC(C)(C)c1cc(C#N)cc(C(C)(C)C)c1. The number of rotatable bonds is 0. The molecule has 0 radical (unpaired) electrons. The summed E-state index contributed by atoms with van der Waals surface area (Å²) in [6.07, 6.45) is 0. The maximum Gasteiger partial charge on any atom is 0.0991 e.